The molecule has 0 spiro atoms. The highest BCUT2D eigenvalue weighted by Gasteiger charge is 2.29. The summed E-state index contributed by atoms with van der Waals surface area (Å²) in [6.45, 7) is 8.96. The minimum Gasteiger partial charge on any atom is -0.350 e. The molecule has 7 heteroatoms. The maximum Gasteiger partial charge on any atom is 0.267 e. The largest absolute Gasteiger partial charge is 0.350 e. The van der Waals surface area contributed by atoms with E-state index in [2.05, 4.69) is 11.9 Å². The number of hydrogen-bond donors (Lipinski definition) is 2. The molecule has 0 saturated carbocycles. The van der Waals surface area contributed by atoms with Crippen molar-refractivity contribution in [1.82, 2.24) is 10.2 Å². The average Bonchev–Trinajstić information content (AvgIpc) is 2.24. The molecule has 0 heterocycles. The van der Waals surface area contributed by atoms with Gasteiger partial charge in [0.2, 0.25) is 5.91 Å². The Kier molecular flexibility index (Phi) is 7.40. The van der Waals surface area contributed by atoms with Crippen LogP contribution in [0.25, 0.3) is 0 Å². The maximum atomic E-state index is 11.5. The Balaban J connectivity index is 4.82. The first kappa shape index (κ1) is 19.1. The van der Waals surface area contributed by atoms with Crippen molar-refractivity contribution in [1.29, 1.82) is 0 Å². The Morgan fingerprint density at radius 2 is 1.85 bits per heavy atom. The van der Waals surface area contributed by atoms with Gasteiger partial charge in [-0.3, -0.25) is 9.35 Å². The molecule has 0 aromatic carbocycles. The zero-order chi connectivity index (χ0) is 16.1. The van der Waals surface area contributed by atoms with Gasteiger partial charge in [-0.05, 0) is 47.2 Å². The lowest BCUT2D eigenvalue weighted by molar-refractivity contribution is -0.118. The van der Waals surface area contributed by atoms with Gasteiger partial charge >= 0.3 is 0 Å². The molecule has 0 radical (unpaired) electrons. The number of nitrogens with zero attached hydrogens (tertiary/aromatic N) is 1. The van der Waals surface area contributed by atoms with Crippen molar-refractivity contribution in [2.45, 2.75) is 38.5 Å². The highest BCUT2D eigenvalue weighted by molar-refractivity contribution is 7.86. The van der Waals surface area contributed by atoms with Gasteiger partial charge in [-0.1, -0.05) is 6.58 Å². The molecule has 3 atom stereocenters. The molecule has 0 aromatic heterocycles. The molecular weight excluding hydrogens is 280 g/mol. The van der Waals surface area contributed by atoms with Gasteiger partial charge in [0.05, 0.1) is 5.25 Å². The van der Waals surface area contributed by atoms with Gasteiger partial charge in [0.15, 0.2) is 0 Å². The second-order valence-corrected chi connectivity index (χ2v) is 7.41. The van der Waals surface area contributed by atoms with Crippen molar-refractivity contribution in [2.75, 3.05) is 20.6 Å². The first-order valence-corrected chi connectivity index (χ1v) is 8.02. The summed E-state index contributed by atoms with van der Waals surface area (Å²) in [5.74, 6) is -0.527. The van der Waals surface area contributed by atoms with E-state index in [0.717, 1.165) is 0 Å². The fourth-order valence-electron chi connectivity index (χ4n) is 1.99. The zero-order valence-corrected chi connectivity index (χ0v) is 13.7. The van der Waals surface area contributed by atoms with E-state index in [1.807, 2.05) is 19.0 Å². The summed E-state index contributed by atoms with van der Waals surface area (Å²) in [6, 6.07) is -0.201. The van der Waals surface area contributed by atoms with E-state index in [9.17, 15) is 17.8 Å². The molecule has 0 aromatic rings. The zero-order valence-electron chi connectivity index (χ0n) is 12.9. The molecule has 0 aliphatic rings. The van der Waals surface area contributed by atoms with E-state index in [-0.39, 0.29) is 17.9 Å². The predicted molar refractivity (Wildman–Crippen MR) is 80.1 cm³/mol. The van der Waals surface area contributed by atoms with Gasteiger partial charge in [0, 0.05) is 18.2 Å². The first-order valence-electron chi connectivity index (χ1n) is 6.52. The predicted octanol–water partition coefficient (Wildman–Crippen LogP) is 0.911. The van der Waals surface area contributed by atoms with E-state index >= 15 is 0 Å². The van der Waals surface area contributed by atoms with Crippen LogP contribution in [-0.4, -0.2) is 55.7 Å². The molecule has 0 rings (SSSR count). The molecule has 0 fully saturated rings. The van der Waals surface area contributed by atoms with E-state index in [4.69, 9.17) is 0 Å². The Hall–Kier alpha value is -0.920. The molecular formula is C13H26N2O4S. The Bertz CT molecular complexity index is 445. The normalized spacial score (nSPS) is 16.6. The fraction of sp³-hybridized carbons (Fsp3) is 0.769. The Morgan fingerprint density at radius 1 is 1.35 bits per heavy atom. The van der Waals surface area contributed by atoms with Gasteiger partial charge in [-0.25, -0.2) is 0 Å². The van der Waals surface area contributed by atoms with Crippen molar-refractivity contribution in [3.05, 3.63) is 12.2 Å². The van der Waals surface area contributed by atoms with Crippen molar-refractivity contribution in [2.24, 2.45) is 5.92 Å². The lowest BCUT2D eigenvalue weighted by Crippen LogP contribution is -2.41. The molecule has 3 unspecified atom stereocenters. The summed E-state index contributed by atoms with van der Waals surface area (Å²) in [6.07, 6.45) is 0.457. The molecule has 0 saturated heterocycles. The number of hydrogen-bond acceptors (Lipinski definition) is 4. The topological polar surface area (TPSA) is 86.7 Å². The van der Waals surface area contributed by atoms with Gasteiger partial charge < -0.3 is 10.2 Å². The molecule has 1 amide bonds. The summed E-state index contributed by atoms with van der Waals surface area (Å²) in [7, 11) is -0.427. The summed E-state index contributed by atoms with van der Waals surface area (Å²) < 4.78 is 31.8. The number of nitrogens with one attached hydrogen (secondary N) is 1. The van der Waals surface area contributed by atoms with Crippen molar-refractivity contribution >= 4 is 16.0 Å². The third kappa shape index (κ3) is 7.02. The van der Waals surface area contributed by atoms with Crippen LogP contribution in [-0.2, 0) is 14.9 Å². The molecule has 0 aliphatic carbocycles. The molecule has 2 N–H and O–H groups in total. The van der Waals surface area contributed by atoms with Crippen LogP contribution in [0.2, 0.25) is 0 Å². The first-order chi connectivity index (χ1) is 8.95. The molecule has 0 bridgehead atoms. The minimum atomic E-state index is -4.10. The van der Waals surface area contributed by atoms with Crippen LogP contribution in [0.5, 0.6) is 0 Å². The lowest BCUT2D eigenvalue weighted by Gasteiger charge is -2.28. The lowest BCUT2D eigenvalue weighted by atomic mass is 9.97. The average molecular weight is 306 g/mol. The molecule has 118 valence electrons. The third-order valence-electron chi connectivity index (χ3n) is 3.15. The minimum absolute atomic E-state index is 0.201. The molecule has 6 nitrogen and oxygen atoms in total. The van der Waals surface area contributed by atoms with E-state index in [0.29, 0.717) is 18.5 Å². The number of carbonyl (C=O) groups excluding carboxylic acids is 1. The monoisotopic (exact) mass is 306 g/mol. The van der Waals surface area contributed by atoms with Crippen LogP contribution in [0.15, 0.2) is 12.2 Å². The van der Waals surface area contributed by atoms with Crippen molar-refractivity contribution in [3.63, 3.8) is 0 Å². The molecule has 20 heavy (non-hydrogen) atoms. The molecule has 0 aliphatic heterocycles. The van der Waals surface area contributed by atoms with Crippen LogP contribution >= 0.6 is 0 Å². The van der Waals surface area contributed by atoms with Gasteiger partial charge in [0.25, 0.3) is 10.1 Å². The summed E-state index contributed by atoms with van der Waals surface area (Å²) in [5, 5.41) is 1.88. The van der Waals surface area contributed by atoms with Crippen LogP contribution in [0, 0.1) is 5.92 Å². The van der Waals surface area contributed by atoms with E-state index in [1.54, 1.807) is 13.8 Å². The highest BCUT2D eigenvalue weighted by Crippen LogP contribution is 2.18. The van der Waals surface area contributed by atoms with E-state index < -0.39 is 15.4 Å². The Labute approximate surface area is 122 Å². The number of carbonyl (C=O) groups is 1. The summed E-state index contributed by atoms with van der Waals surface area (Å²) in [4.78, 5) is 13.4. The fourth-order valence-corrected chi connectivity index (χ4v) is 2.67. The number of rotatable bonds is 8. The van der Waals surface area contributed by atoms with Crippen molar-refractivity contribution in [3.8, 4) is 0 Å². The second kappa shape index (κ2) is 7.75. The van der Waals surface area contributed by atoms with Gasteiger partial charge in [-0.15, -0.1) is 0 Å². The SMILES string of the molecule is C=C(C)C(=O)NC(C)CC(CN(C)C)C(C)S(=O)(=O)O. The highest BCUT2D eigenvalue weighted by atomic mass is 32.2. The quantitative estimate of drug-likeness (QED) is 0.514. The second-order valence-electron chi connectivity index (χ2n) is 5.63. The standard InChI is InChI=1S/C13H26N2O4S/c1-9(2)13(16)14-10(3)7-12(8-15(5)6)11(4)20(17,18)19/h10-12H,1,7-8H2,2-6H3,(H,14,16)(H,17,18,19). The Morgan fingerprint density at radius 3 is 2.20 bits per heavy atom. The summed E-state index contributed by atoms with van der Waals surface area (Å²) in [5.41, 5.74) is 0.406. The van der Waals surface area contributed by atoms with Crippen LogP contribution in [0.1, 0.15) is 27.2 Å². The smallest absolute Gasteiger partial charge is 0.267 e. The van der Waals surface area contributed by atoms with Crippen LogP contribution in [0.3, 0.4) is 0 Å². The van der Waals surface area contributed by atoms with Gasteiger partial charge in [-0.2, -0.15) is 8.42 Å². The van der Waals surface area contributed by atoms with Gasteiger partial charge in [0.1, 0.15) is 0 Å². The third-order valence-corrected chi connectivity index (χ3v) is 4.48. The maximum absolute atomic E-state index is 11.5. The number of amides is 1. The van der Waals surface area contributed by atoms with Crippen molar-refractivity contribution < 1.29 is 17.8 Å². The summed E-state index contributed by atoms with van der Waals surface area (Å²) >= 11 is 0. The van der Waals surface area contributed by atoms with Crippen LogP contribution in [0.4, 0.5) is 0 Å². The van der Waals surface area contributed by atoms with Crippen LogP contribution < -0.4 is 5.32 Å². The van der Waals surface area contributed by atoms with E-state index in [1.165, 1.54) is 6.92 Å².